The Morgan fingerprint density at radius 3 is 1.69 bits per heavy atom. The van der Waals surface area contributed by atoms with Gasteiger partial charge in [0.2, 0.25) is 11.8 Å². The molecule has 36 heavy (non-hydrogen) atoms. The highest BCUT2D eigenvalue weighted by Gasteiger charge is 2.10. The summed E-state index contributed by atoms with van der Waals surface area (Å²) in [5.74, 6) is 1.02. The van der Waals surface area contributed by atoms with Gasteiger partial charge in [-0.25, -0.2) is 0 Å². The van der Waals surface area contributed by atoms with Crippen molar-refractivity contribution in [2.75, 3.05) is 0 Å². The van der Waals surface area contributed by atoms with Crippen molar-refractivity contribution in [1.82, 2.24) is 25.2 Å². The monoisotopic (exact) mass is 467 g/mol. The lowest BCUT2D eigenvalue weighted by atomic mass is 10.1. The highest BCUT2D eigenvalue weighted by molar-refractivity contribution is 5.72. The second-order valence-corrected chi connectivity index (χ2v) is 8.21. The lowest BCUT2D eigenvalue weighted by Crippen LogP contribution is -1.97. The van der Waals surface area contributed by atoms with Crippen LogP contribution >= 0.6 is 0 Å². The number of hydrogen-bond donors (Lipinski definition) is 0. The Labute approximate surface area is 208 Å². The average Bonchev–Trinajstić information content (AvgIpc) is 3.65. The van der Waals surface area contributed by atoms with Crippen LogP contribution in [0.15, 0.2) is 120 Å². The molecule has 6 nitrogen and oxygen atoms in total. The highest BCUT2D eigenvalue weighted by Crippen LogP contribution is 2.24. The lowest BCUT2D eigenvalue weighted by molar-refractivity contribution is 0.584. The summed E-state index contributed by atoms with van der Waals surface area (Å²) in [5, 5.41) is 17.3. The van der Waals surface area contributed by atoms with Crippen LogP contribution in [0.3, 0.4) is 0 Å². The largest absolute Gasteiger partial charge is 0.416 e. The molecule has 0 fully saturated rings. The van der Waals surface area contributed by atoms with Crippen LogP contribution in [-0.2, 0) is 0 Å². The molecule has 2 heterocycles. The fraction of sp³-hybridized carbons (Fsp3) is 0. The van der Waals surface area contributed by atoms with E-state index in [0.717, 1.165) is 39.2 Å². The molecule has 0 amide bonds. The minimum atomic E-state index is 0.504. The Morgan fingerprint density at radius 1 is 0.556 bits per heavy atom. The first kappa shape index (κ1) is 21.4. The van der Waals surface area contributed by atoms with E-state index in [0.29, 0.717) is 11.8 Å². The van der Waals surface area contributed by atoms with Crippen molar-refractivity contribution in [3.05, 3.63) is 127 Å². The molecule has 2 aromatic heterocycles. The maximum absolute atomic E-state index is 5.85. The Morgan fingerprint density at radius 2 is 1.08 bits per heavy atom. The molecule has 0 saturated heterocycles. The molecule has 0 radical (unpaired) electrons. The molecule has 0 aliphatic carbocycles. The van der Waals surface area contributed by atoms with Crippen LogP contribution in [0.25, 0.3) is 52.0 Å². The summed E-state index contributed by atoms with van der Waals surface area (Å²) in [7, 11) is 0. The van der Waals surface area contributed by atoms with Crippen LogP contribution in [0.2, 0.25) is 0 Å². The first-order valence-corrected chi connectivity index (χ1v) is 11.6. The Kier molecular flexibility index (Phi) is 5.74. The third kappa shape index (κ3) is 4.60. The van der Waals surface area contributed by atoms with Gasteiger partial charge >= 0.3 is 0 Å². The maximum atomic E-state index is 5.85. The SMILES string of the molecule is C(=C\c1ccc(-c2nnc(-c3ccccc3)o2)cc1)/c1ccc(-c2cnn(-c3ccccc3)n2)cc1. The summed E-state index contributed by atoms with van der Waals surface area (Å²) < 4.78 is 5.85. The van der Waals surface area contributed by atoms with Gasteiger partial charge in [-0.3, -0.25) is 0 Å². The van der Waals surface area contributed by atoms with Crippen LogP contribution in [0.5, 0.6) is 0 Å². The van der Waals surface area contributed by atoms with Crippen LogP contribution in [0.1, 0.15) is 11.1 Å². The van der Waals surface area contributed by atoms with Crippen molar-refractivity contribution in [3.63, 3.8) is 0 Å². The number of rotatable bonds is 6. The van der Waals surface area contributed by atoms with E-state index in [1.54, 1.807) is 11.0 Å². The minimum Gasteiger partial charge on any atom is -0.416 e. The zero-order valence-electron chi connectivity index (χ0n) is 19.3. The Balaban J connectivity index is 1.13. The fourth-order valence-electron chi connectivity index (χ4n) is 3.81. The van der Waals surface area contributed by atoms with Gasteiger partial charge in [-0.2, -0.15) is 9.90 Å². The van der Waals surface area contributed by atoms with Crippen molar-refractivity contribution in [2.45, 2.75) is 0 Å². The van der Waals surface area contributed by atoms with Crippen molar-refractivity contribution in [2.24, 2.45) is 0 Å². The van der Waals surface area contributed by atoms with Crippen LogP contribution < -0.4 is 0 Å². The van der Waals surface area contributed by atoms with E-state index >= 15 is 0 Å². The van der Waals surface area contributed by atoms with Gasteiger partial charge in [0.1, 0.15) is 5.69 Å². The number of hydrogen-bond acceptors (Lipinski definition) is 5. The maximum Gasteiger partial charge on any atom is 0.248 e. The van der Waals surface area contributed by atoms with Gasteiger partial charge in [-0.05, 0) is 47.5 Å². The summed E-state index contributed by atoms with van der Waals surface area (Å²) in [5.41, 5.74) is 6.76. The molecule has 0 aliphatic rings. The van der Waals surface area contributed by atoms with E-state index in [1.165, 1.54) is 0 Å². The molecule has 6 rings (SSSR count). The fourth-order valence-corrected chi connectivity index (χ4v) is 3.81. The molecule has 172 valence electrons. The standard InChI is InChI=1S/C30H21N5O/c1-3-7-25(8-4-1)29-32-33-30(36-29)26-19-15-23(16-20-26)12-11-22-13-17-24(18-14-22)28-21-31-35(34-28)27-9-5-2-6-10-27/h1-21H/b12-11+. The van der Waals surface area contributed by atoms with Gasteiger partial charge < -0.3 is 4.42 Å². The predicted molar refractivity (Wildman–Crippen MR) is 141 cm³/mol. The highest BCUT2D eigenvalue weighted by atomic mass is 16.4. The van der Waals surface area contributed by atoms with E-state index < -0.39 is 0 Å². The van der Waals surface area contributed by atoms with Crippen LogP contribution in [0.4, 0.5) is 0 Å². The number of benzene rings is 4. The number of para-hydroxylation sites is 1. The van der Waals surface area contributed by atoms with Gasteiger partial charge in [0.05, 0.1) is 11.9 Å². The summed E-state index contributed by atoms with van der Waals surface area (Å²) in [6.45, 7) is 0. The summed E-state index contributed by atoms with van der Waals surface area (Å²) >= 11 is 0. The molecule has 0 N–H and O–H groups in total. The lowest BCUT2D eigenvalue weighted by Gasteiger charge is -2.00. The van der Waals surface area contributed by atoms with E-state index in [1.807, 2.05) is 84.9 Å². The van der Waals surface area contributed by atoms with Gasteiger partial charge in [-0.1, -0.05) is 84.9 Å². The van der Waals surface area contributed by atoms with Gasteiger partial charge in [-0.15, -0.1) is 15.3 Å². The normalized spacial score (nSPS) is 11.2. The zero-order chi connectivity index (χ0) is 24.2. The molecular formula is C30H21N5O. The van der Waals surface area contributed by atoms with Crippen molar-refractivity contribution >= 4 is 12.2 Å². The van der Waals surface area contributed by atoms with Crippen molar-refractivity contribution in [3.8, 4) is 39.9 Å². The molecule has 0 aliphatic heterocycles. The van der Waals surface area contributed by atoms with Gasteiger partial charge in [0.15, 0.2) is 0 Å². The molecule has 6 aromatic rings. The molecule has 0 atom stereocenters. The summed E-state index contributed by atoms with van der Waals surface area (Å²) in [4.78, 5) is 1.64. The quantitative estimate of drug-likeness (QED) is 0.251. The molecule has 0 unspecified atom stereocenters. The van der Waals surface area contributed by atoms with Crippen LogP contribution in [0, 0.1) is 0 Å². The second kappa shape index (κ2) is 9.64. The summed E-state index contributed by atoms with van der Waals surface area (Å²) in [6, 6.07) is 35.9. The average molecular weight is 468 g/mol. The summed E-state index contributed by atoms with van der Waals surface area (Å²) in [6.07, 6.45) is 5.94. The van der Waals surface area contributed by atoms with Crippen molar-refractivity contribution in [1.29, 1.82) is 0 Å². The van der Waals surface area contributed by atoms with E-state index in [9.17, 15) is 0 Å². The number of nitrogens with zero attached hydrogens (tertiary/aromatic N) is 5. The minimum absolute atomic E-state index is 0.504. The predicted octanol–water partition coefficient (Wildman–Crippen LogP) is 6.82. The molecule has 6 heteroatoms. The molecule has 0 saturated carbocycles. The molecular weight excluding hydrogens is 446 g/mol. The first-order chi connectivity index (χ1) is 17.8. The van der Waals surface area contributed by atoms with Crippen molar-refractivity contribution < 1.29 is 4.42 Å². The third-order valence-electron chi connectivity index (χ3n) is 5.76. The Hall–Kier alpha value is -5.10. The number of aromatic nitrogens is 5. The smallest absolute Gasteiger partial charge is 0.248 e. The third-order valence-corrected chi connectivity index (χ3v) is 5.76. The van der Waals surface area contributed by atoms with Gasteiger partial charge in [0.25, 0.3) is 0 Å². The van der Waals surface area contributed by atoms with E-state index in [-0.39, 0.29) is 0 Å². The molecule has 0 spiro atoms. The zero-order valence-corrected chi connectivity index (χ0v) is 19.3. The van der Waals surface area contributed by atoms with E-state index in [4.69, 9.17) is 4.42 Å². The first-order valence-electron chi connectivity index (χ1n) is 11.6. The van der Waals surface area contributed by atoms with Gasteiger partial charge in [0, 0.05) is 16.7 Å². The second-order valence-electron chi connectivity index (χ2n) is 8.21. The van der Waals surface area contributed by atoms with Crippen LogP contribution in [-0.4, -0.2) is 25.2 Å². The molecule has 0 bridgehead atoms. The molecule has 4 aromatic carbocycles. The topological polar surface area (TPSA) is 69.6 Å². The Bertz CT molecular complexity index is 1480. The van der Waals surface area contributed by atoms with E-state index in [2.05, 4.69) is 56.8 Å².